The molecule has 2 rings (SSSR count). The molecule has 0 unspecified atom stereocenters. The average Bonchev–Trinajstić information content (AvgIpc) is 2.36. The minimum absolute atomic E-state index is 0.242. The van der Waals surface area contributed by atoms with E-state index in [0.29, 0.717) is 15.2 Å². The molecule has 1 heterocycles. The molecule has 0 atom stereocenters. The summed E-state index contributed by atoms with van der Waals surface area (Å²) in [6, 6.07) is 4.36. The second kappa shape index (κ2) is 5.67. The summed E-state index contributed by atoms with van der Waals surface area (Å²) in [5, 5.41) is 2.91. The smallest absolute Gasteiger partial charge is 0.258 e. The summed E-state index contributed by atoms with van der Waals surface area (Å²) < 4.78 is 13.8. The van der Waals surface area contributed by atoms with Gasteiger partial charge in [0.25, 0.3) is 5.91 Å². The number of anilines is 1. The van der Waals surface area contributed by atoms with Gasteiger partial charge in [0.2, 0.25) is 0 Å². The van der Waals surface area contributed by atoms with E-state index >= 15 is 0 Å². The minimum Gasteiger partial charge on any atom is -0.322 e. The second-order valence-corrected chi connectivity index (χ2v) is 5.15. The number of aromatic nitrogens is 1. The van der Waals surface area contributed by atoms with Gasteiger partial charge in [-0.1, -0.05) is 11.6 Å². The molecule has 0 saturated heterocycles. The number of hydrogen-bond donors (Lipinski definition) is 1. The lowest BCUT2D eigenvalue weighted by Gasteiger charge is -2.10. The SMILES string of the molecule is Cc1cc(Br)c(F)cc1NC(=O)c1cnccc1Cl. The highest BCUT2D eigenvalue weighted by atomic mass is 79.9. The molecule has 0 aliphatic carbocycles. The van der Waals surface area contributed by atoms with Gasteiger partial charge in [-0.3, -0.25) is 9.78 Å². The third-order valence-electron chi connectivity index (χ3n) is 2.53. The number of carbonyl (C=O) groups excluding carboxylic acids is 1. The lowest BCUT2D eigenvalue weighted by Crippen LogP contribution is -2.13. The average molecular weight is 344 g/mol. The summed E-state index contributed by atoms with van der Waals surface area (Å²) in [5.74, 6) is -0.874. The molecule has 98 valence electrons. The number of benzene rings is 1. The van der Waals surface area contributed by atoms with Crippen LogP contribution in [0, 0.1) is 12.7 Å². The summed E-state index contributed by atoms with van der Waals surface area (Å²) in [6.45, 7) is 1.77. The van der Waals surface area contributed by atoms with Crippen LogP contribution < -0.4 is 5.32 Å². The predicted octanol–water partition coefficient (Wildman–Crippen LogP) is 4.20. The van der Waals surface area contributed by atoms with Crippen molar-refractivity contribution < 1.29 is 9.18 Å². The van der Waals surface area contributed by atoms with Crippen molar-refractivity contribution in [3.8, 4) is 0 Å². The van der Waals surface area contributed by atoms with E-state index in [9.17, 15) is 9.18 Å². The molecule has 19 heavy (non-hydrogen) atoms. The van der Waals surface area contributed by atoms with E-state index in [-0.39, 0.29) is 5.56 Å². The van der Waals surface area contributed by atoms with Crippen LogP contribution in [0.15, 0.2) is 35.1 Å². The summed E-state index contributed by atoms with van der Waals surface area (Å²) in [7, 11) is 0. The molecule has 1 N–H and O–H groups in total. The lowest BCUT2D eigenvalue weighted by molar-refractivity contribution is 0.102. The number of nitrogens with one attached hydrogen (secondary N) is 1. The molecule has 0 aliphatic rings. The van der Waals surface area contributed by atoms with E-state index in [1.54, 1.807) is 13.0 Å². The Morgan fingerprint density at radius 2 is 2.21 bits per heavy atom. The highest BCUT2D eigenvalue weighted by molar-refractivity contribution is 9.10. The quantitative estimate of drug-likeness (QED) is 0.888. The first-order chi connectivity index (χ1) is 8.99. The molecule has 0 bridgehead atoms. The van der Waals surface area contributed by atoms with Gasteiger partial charge in [0.05, 0.1) is 15.1 Å². The number of hydrogen-bond acceptors (Lipinski definition) is 2. The largest absolute Gasteiger partial charge is 0.322 e. The van der Waals surface area contributed by atoms with Gasteiger partial charge in [0, 0.05) is 18.1 Å². The van der Waals surface area contributed by atoms with Crippen molar-refractivity contribution >= 4 is 39.1 Å². The van der Waals surface area contributed by atoms with Crippen molar-refractivity contribution in [2.24, 2.45) is 0 Å². The third kappa shape index (κ3) is 3.11. The molecule has 1 aromatic heterocycles. The highest BCUT2D eigenvalue weighted by Gasteiger charge is 2.13. The van der Waals surface area contributed by atoms with Crippen LogP contribution in [0.2, 0.25) is 5.02 Å². The van der Waals surface area contributed by atoms with Gasteiger partial charge in [-0.15, -0.1) is 0 Å². The van der Waals surface area contributed by atoms with Crippen LogP contribution in [-0.4, -0.2) is 10.9 Å². The second-order valence-electron chi connectivity index (χ2n) is 3.89. The predicted molar refractivity (Wildman–Crippen MR) is 76.0 cm³/mol. The maximum absolute atomic E-state index is 13.5. The maximum atomic E-state index is 13.5. The third-order valence-corrected chi connectivity index (χ3v) is 3.47. The van der Waals surface area contributed by atoms with Crippen LogP contribution >= 0.6 is 27.5 Å². The maximum Gasteiger partial charge on any atom is 0.258 e. The topological polar surface area (TPSA) is 42.0 Å². The summed E-state index contributed by atoms with van der Waals surface area (Å²) in [5.41, 5.74) is 1.37. The molecule has 0 spiro atoms. The molecular weight excluding hydrogens is 335 g/mol. The first-order valence-corrected chi connectivity index (χ1v) is 6.52. The summed E-state index contributed by atoms with van der Waals surface area (Å²) >= 11 is 8.98. The number of halogens is 3. The number of aryl methyl sites for hydroxylation is 1. The van der Waals surface area contributed by atoms with Crippen molar-refractivity contribution in [3.05, 3.63) is 57.0 Å². The Bertz CT molecular complexity index is 649. The van der Waals surface area contributed by atoms with E-state index < -0.39 is 11.7 Å². The Labute approximate surface area is 122 Å². The first-order valence-electron chi connectivity index (χ1n) is 5.35. The Morgan fingerprint density at radius 3 is 2.89 bits per heavy atom. The van der Waals surface area contributed by atoms with E-state index in [4.69, 9.17) is 11.6 Å². The molecule has 1 aromatic carbocycles. The molecule has 3 nitrogen and oxygen atoms in total. The number of carbonyl (C=O) groups is 1. The molecule has 0 saturated carbocycles. The van der Waals surface area contributed by atoms with Gasteiger partial charge < -0.3 is 5.32 Å². The molecular formula is C13H9BrClFN2O. The Kier molecular flexibility index (Phi) is 4.17. The van der Waals surface area contributed by atoms with Gasteiger partial charge in [0.15, 0.2) is 0 Å². The fourth-order valence-electron chi connectivity index (χ4n) is 1.52. The zero-order valence-corrected chi connectivity index (χ0v) is 12.2. The van der Waals surface area contributed by atoms with Crippen LogP contribution in [0.25, 0.3) is 0 Å². The summed E-state index contributed by atoms with van der Waals surface area (Å²) in [6.07, 6.45) is 2.85. The van der Waals surface area contributed by atoms with Crippen LogP contribution in [0.4, 0.5) is 10.1 Å². The lowest BCUT2D eigenvalue weighted by atomic mass is 10.2. The van der Waals surface area contributed by atoms with Crippen molar-refractivity contribution in [3.63, 3.8) is 0 Å². The van der Waals surface area contributed by atoms with Crippen molar-refractivity contribution in [1.82, 2.24) is 4.98 Å². The Balaban J connectivity index is 2.30. The van der Waals surface area contributed by atoms with E-state index in [1.807, 2.05) is 0 Å². The van der Waals surface area contributed by atoms with Crippen LogP contribution in [0.3, 0.4) is 0 Å². The molecule has 0 radical (unpaired) electrons. The van der Waals surface area contributed by atoms with E-state index in [2.05, 4.69) is 26.2 Å². The van der Waals surface area contributed by atoms with Crippen LogP contribution in [0.5, 0.6) is 0 Å². The Hall–Kier alpha value is -1.46. The molecule has 0 fully saturated rings. The van der Waals surface area contributed by atoms with E-state index in [0.717, 1.165) is 5.56 Å². The molecule has 1 amide bonds. The fraction of sp³-hybridized carbons (Fsp3) is 0.0769. The number of rotatable bonds is 2. The molecule has 2 aromatic rings. The van der Waals surface area contributed by atoms with Gasteiger partial charge in [-0.05, 0) is 46.6 Å². The zero-order chi connectivity index (χ0) is 14.0. The Morgan fingerprint density at radius 1 is 1.47 bits per heavy atom. The van der Waals surface area contributed by atoms with Crippen molar-refractivity contribution in [1.29, 1.82) is 0 Å². The normalized spacial score (nSPS) is 10.3. The van der Waals surface area contributed by atoms with Gasteiger partial charge in [-0.2, -0.15) is 0 Å². The van der Waals surface area contributed by atoms with Gasteiger partial charge >= 0.3 is 0 Å². The van der Waals surface area contributed by atoms with Crippen LogP contribution in [0.1, 0.15) is 15.9 Å². The first kappa shape index (κ1) is 14.0. The van der Waals surface area contributed by atoms with Crippen LogP contribution in [-0.2, 0) is 0 Å². The highest BCUT2D eigenvalue weighted by Crippen LogP contribution is 2.25. The number of nitrogens with zero attached hydrogens (tertiary/aromatic N) is 1. The molecule has 6 heteroatoms. The zero-order valence-electron chi connectivity index (χ0n) is 9.88. The van der Waals surface area contributed by atoms with Crippen molar-refractivity contribution in [2.45, 2.75) is 6.92 Å². The fourth-order valence-corrected chi connectivity index (χ4v) is 2.16. The summed E-state index contributed by atoms with van der Waals surface area (Å²) in [4.78, 5) is 15.8. The van der Waals surface area contributed by atoms with Crippen molar-refractivity contribution in [2.75, 3.05) is 5.32 Å². The number of amides is 1. The minimum atomic E-state index is -0.446. The van der Waals surface area contributed by atoms with Gasteiger partial charge in [-0.25, -0.2) is 4.39 Å². The monoisotopic (exact) mass is 342 g/mol. The number of pyridine rings is 1. The molecule has 0 aliphatic heterocycles. The van der Waals surface area contributed by atoms with E-state index in [1.165, 1.54) is 24.5 Å². The standard InChI is InChI=1S/C13H9BrClFN2O/c1-7-4-9(14)11(16)5-12(7)18-13(19)8-6-17-3-2-10(8)15/h2-6H,1H3,(H,18,19). The van der Waals surface area contributed by atoms with Gasteiger partial charge in [0.1, 0.15) is 5.82 Å².